The number of unbranched alkanes of at least 4 members (excludes halogenated alkanes) is 1. The van der Waals surface area contributed by atoms with Crippen molar-refractivity contribution < 1.29 is 9.59 Å². The van der Waals surface area contributed by atoms with E-state index in [0.717, 1.165) is 12.8 Å². The number of hydrogen-bond donors (Lipinski definition) is 2. The van der Waals surface area contributed by atoms with Crippen LogP contribution in [-0.4, -0.2) is 29.9 Å². The van der Waals surface area contributed by atoms with Gasteiger partial charge in [0.25, 0.3) is 5.91 Å². The smallest absolute Gasteiger partial charge is 0.269 e. The van der Waals surface area contributed by atoms with Crippen molar-refractivity contribution in [3.8, 4) is 0 Å². The molecule has 0 aliphatic heterocycles. The highest BCUT2D eigenvalue weighted by atomic mass is 16.2. The molecular formula is C13H19N3O2. The summed E-state index contributed by atoms with van der Waals surface area (Å²) in [6.07, 6.45) is 4.02. The third kappa shape index (κ3) is 5.43. The van der Waals surface area contributed by atoms with Gasteiger partial charge in [-0.05, 0) is 18.6 Å². The predicted molar refractivity (Wildman–Crippen MR) is 69.1 cm³/mol. The number of amides is 2. The van der Waals surface area contributed by atoms with Crippen molar-refractivity contribution in [2.24, 2.45) is 0 Å². The Morgan fingerprint density at radius 1 is 1.22 bits per heavy atom. The molecule has 0 spiro atoms. The first kappa shape index (κ1) is 14.2. The highest BCUT2D eigenvalue weighted by molar-refractivity contribution is 5.92. The second-order valence-electron chi connectivity index (χ2n) is 3.92. The number of carbonyl (C=O) groups excluding carboxylic acids is 2. The zero-order valence-electron chi connectivity index (χ0n) is 10.6. The van der Waals surface area contributed by atoms with Gasteiger partial charge in [-0.15, -0.1) is 0 Å². The van der Waals surface area contributed by atoms with Gasteiger partial charge in [0.2, 0.25) is 5.91 Å². The van der Waals surface area contributed by atoms with Crippen molar-refractivity contribution in [3.63, 3.8) is 0 Å². The van der Waals surface area contributed by atoms with E-state index in [4.69, 9.17) is 0 Å². The van der Waals surface area contributed by atoms with E-state index in [-0.39, 0.29) is 11.8 Å². The molecule has 0 aliphatic rings. The number of rotatable bonds is 7. The van der Waals surface area contributed by atoms with E-state index in [1.54, 1.807) is 24.4 Å². The SMILES string of the molecule is CCCCC(=O)NCCNC(=O)c1ccccn1. The lowest BCUT2D eigenvalue weighted by atomic mass is 10.2. The van der Waals surface area contributed by atoms with Gasteiger partial charge in [0.1, 0.15) is 5.69 Å². The van der Waals surface area contributed by atoms with Crippen molar-refractivity contribution in [3.05, 3.63) is 30.1 Å². The van der Waals surface area contributed by atoms with Crippen molar-refractivity contribution in [2.75, 3.05) is 13.1 Å². The molecule has 18 heavy (non-hydrogen) atoms. The molecule has 98 valence electrons. The van der Waals surface area contributed by atoms with E-state index in [0.29, 0.717) is 25.2 Å². The molecule has 0 fully saturated rings. The van der Waals surface area contributed by atoms with E-state index in [1.807, 2.05) is 6.92 Å². The zero-order chi connectivity index (χ0) is 13.2. The minimum absolute atomic E-state index is 0.0314. The number of nitrogens with zero attached hydrogens (tertiary/aromatic N) is 1. The molecule has 1 aromatic heterocycles. The number of pyridine rings is 1. The Labute approximate surface area is 107 Å². The summed E-state index contributed by atoms with van der Waals surface area (Å²) in [6.45, 7) is 2.90. The quantitative estimate of drug-likeness (QED) is 0.711. The number of hydrogen-bond acceptors (Lipinski definition) is 3. The second-order valence-corrected chi connectivity index (χ2v) is 3.92. The molecule has 0 aliphatic carbocycles. The summed E-state index contributed by atoms with van der Waals surface area (Å²) in [5.74, 6) is -0.192. The second kappa shape index (κ2) is 8.22. The van der Waals surface area contributed by atoms with Crippen LogP contribution in [-0.2, 0) is 4.79 Å². The highest BCUT2D eigenvalue weighted by Crippen LogP contribution is 1.93. The van der Waals surface area contributed by atoms with Crippen LogP contribution in [0.2, 0.25) is 0 Å². The maximum absolute atomic E-state index is 11.6. The number of aromatic nitrogens is 1. The molecular weight excluding hydrogens is 230 g/mol. The van der Waals surface area contributed by atoms with E-state index < -0.39 is 0 Å². The normalized spacial score (nSPS) is 9.83. The minimum atomic E-state index is -0.224. The maximum Gasteiger partial charge on any atom is 0.269 e. The standard InChI is InChI=1S/C13H19N3O2/c1-2-3-7-12(17)15-9-10-16-13(18)11-6-4-5-8-14-11/h4-6,8H,2-3,7,9-10H2,1H3,(H,15,17)(H,16,18). The molecule has 1 aromatic rings. The van der Waals surface area contributed by atoms with Crippen LogP contribution < -0.4 is 10.6 Å². The third-order valence-corrected chi connectivity index (χ3v) is 2.39. The molecule has 2 N–H and O–H groups in total. The Balaban J connectivity index is 2.15. The highest BCUT2D eigenvalue weighted by Gasteiger charge is 2.05. The van der Waals surface area contributed by atoms with E-state index in [2.05, 4.69) is 15.6 Å². The van der Waals surface area contributed by atoms with Crippen LogP contribution in [0.25, 0.3) is 0 Å². The van der Waals surface area contributed by atoms with Gasteiger partial charge in [-0.3, -0.25) is 14.6 Å². The summed E-state index contributed by atoms with van der Waals surface area (Å²) in [7, 11) is 0. The first-order valence-corrected chi connectivity index (χ1v) is 6.20. The Bertz CT molecular complexity index is 379. The molecule has 0 unspecified atom stereocenters. The van der Waals surface area contributed by atoms with E-state index in [1.165, 1.54) is 0 Å². The molecule has 1 rings (SSSR count). The molecule has 1 heterocycles. The van der Waals surface area contributed by atoms with Crippen LogP contribution in [0.4, 0.5) is 0 Å². The lowest BCUT2D eigenvalue weighted by Crippen LogP contribution is -2.34. The average Bonchev–Trinajstić information content (AvgIpc) is 2.42. The zero-order valence-corrected chi connectivity index (χ0v) is 10.6. The van der Waals surface area contributed by atoms with Crippen molar-refractivity contribution in [1.29, 1.82) is 0 Å². The third-order valence-electron chi connectivity index (χ3n) is 2.39. The van der Waals surface area contributed by atoms with Crippen LogP contribution in [0.15, 0.2) is 24.4 Å². The van der Waals surface area contributed by atoms with Gasteiger partial charge in [0.05, 0.1) is 0 Å². The summed E-state index contributed by atoms with van der Waals surface area (Å²) < 4.78 is 0. The molecule has 0 radical (unpaired) electrons. The van der Waals surface area contributed by atoms with Gasteiger partial charge >= 0.3 is 0 Å². The summed E-state index contributed by atoms with van der Waals surface area (Å²) in [4.78, 5) is 26.8. The number of carbonyl (C=O) groups is 2. The molecule has 0 aromatic carbocycles. The Morgan fingerprint density at radius 2 is 2.00 bits per heavy atom. The summed E-state index contributed by atoms with van der Waals surface area (Å²) in [5.41, 5.74) is 0.384. The van der Waals surface area contributed by atoms with Crippen LogP contribution in [0, 0.1) is 0 Å². The van der Waals surface area contributed by atoms with Crippen LogP contribution in [0.1, 0.15) is 36.7 Å². The van der Waals surface area contributed by atoms with Crippen LogP contribution in [0.5, 0.6) is 0 Å². The molecule has 0 atom stereocenters. The molecule has 0 bridgehead atoms. The monoisotopic (exact) mass is 249 g/mol. The summed E-state index contributed by atoms with van der Waals surface area (Å²) in [5, 5.41) is 5.44. The fourth-order valence-electron chi connectivity index (χ4n) is 1.39. The Hall–Kier alpha value is -1.91. The molecule has 5 nitrogen and oxygen atoms in total. The molecule has 0 saturated carbocycles. The van der Waals surface area contributed by atoms with Crippen molar-refractivity contribution >= 4 is 11.8 Å². The maximum atomic E-state index is 11.6. The van der Waals surface area contributed by atoms with Gasteiger partial charge < -0.3 is 10.6 Å². The van der Waals surface area contributed by atoms with Crippen molar-refractivity contribution in [2.45, 2.75) is 26.2 Å². The van der Waals surface area contributed by atoms with Gasteiger partial charge in [0, 0.05) is 25.7 Å². The van der Waals surface area contributed by atoms with Gasteiger partial charge in [-0.1, -0.05) is 19.4 Å². The van der Waals surface area contributed by atoms with Crippen LogP contribution >= 0.6 is 0 Å². The van der Waals surface area contributed by atoms with Gasteiger partial charge in [0.15, 0.2) is 0 Å². The Kier molecular flexibility index (Phi) is 6.46. The van der Waals surface area contributed by atoms with Crippen molar-refractivity contribution in [1.82, 2.24) is 15.6 Å². The van der Waals surface area contributed by atoms with E-state index in [9.17, 15) is 9.59 Å². The molecule has 0 saturated heterocycles. The fourth-order valence-corrected chi connectivity index (χ4v) is 1.39. The minimum Gasteiger partial charge on any atom is -0.354 e. The van der Waals surface area contributed by atoms with Crippen LogP contribution in [0.3, 0.4) is 0 Å². The lowest BCUT2D eigenvalue weighted by Gasteiger charge is -2.06. The molecule has 2 amide bonds. The average molecular weight is 249 g/mol. The predicted octanol–water partition coefficient (Wildman–Crippen LogP) is 1.12. The number of nitrogens with one attached hydrogen (secondary N) is 2. The molecule has 5 heteroatoms. The first-order chi connectivity index (χ1) is 8.74. The topological polar surface area (TPSA) is 71.1 Å². The largest absolute Gasteiger partial charge is 0.354 e. The van der Waals surface area contributed by atoms with Gasteiger partial charge in [-0.25, -0.2) is 0 Å². The summed E-state index contributed by atoms with van der Waals surface area (Å²) in [6, 6.07) is 5.16. The Morgan fingerprint density at radius 3 is 2.67 bits per heavy atom. The summed E-state index contributed by atoms with van der Waals surface area (Å²) >= 11 is 0. The first-order valence-electron chi connectivity index (χ1n) is 6.20. The fraction of sp³-hybridized carbons (Fsp3) is 0.462. The van der Waals surface area contributed by atoms with Gasteiger partial charge in [-0.2, -0.15) is 0 Å². The van der Waals surface area contributed by atoms with E-state index >= 15 is 0 Å². The lowest BCUT2D eigenvalue weighted by molar-refractivity contribution is -0.121.